The molecule has 2 unspecified atom stereocenters. The standard InChI is InChI=1S/C13H24N2O3/c1-4-14-5-6-15(9-11(14)3)12(16)7-10(2)8-13(17)18/h10-11H,4-9H2,1-3H3,(H,17,18). The van der Waals surface area contributed by atoms with Crippen LogP contribution < -0.4 is 0 Å². The molecule has 104 valence electrons. The summed E-state index contributed by atoms with van der Waals surface area (Å²) in [4.78, 5) is 26.8. The van der Waals surface area contributed by atoms with Gasteiger partial charge in [0.2, 0.25) is 5.91 Å². The minimum atomic E-state index is -0.834. The number of hydrogen-bond donors (Lipinski definition) is 1. The Hall–Kier alpha value is -1.10. The van der Waals surface area contributed by atoms with Gasteiger partial charge in [0.05, 0.1) is 0 Å². The molecule has 1 aliphatic heterocycles. The van der Waals surface area contributed by atoms with E-state index in [-0.39, 0.29) is 18.2 Å². The molecule has 1 fully saturated rings. The maximum absolute atomic E-state index is 12.0. The number of amides is 1. The SMILES string of the molecule is CCN1CCN(C(=O)CC(C)CC(=O)O)CC1C. The number of piperazine rings is 1. The van der Waals surface area contributed by atoms with Crippen LogP contribution in [0.3, 0.4) is 0 Å². The minimum Gasteiger partial charge on any atom is -0.481 e. The molecule has 5 nitrogen and oxygen atoms in total. The van der Waals surface area contributed by atoms with Crippen LogP contribution in [-0.4, -0.2) is 59.0 Å². The fourth-order valence-electron chi connectivity index (χ4n) is 2.49. The maximum Gasteiger partial charge on any atom is 0.303 e. The van der Waals surface area contributed by atoms with Gasteiger partial charge in [-0.1, -0.05) is 13.8 Å². The van der Waals surface area contributed by atoms with Crippen LogP contribution in [0.15, 0.2) is 0 Å². The summed E-state index contributed by atoms with van der Waals surface area (Å²) < 4.78 is 0. The van der Waals surface area contributed by atoms with Crippen molar-refractivity contribution in [1.29, 1.82) is 0 Å². The van der Waals surface area contributed by atoms with E-state index in [0.29, 0.717) is 12.5 Å². The highest BCUT2D eigenvalue weighted by molar-refractivity contribution is 5.77. The van der Waals surface area contributed by atoms with Gasteiger partial charge in [-0.2, -0.15) is 0 Å². The van der Waals surface area contributed by atoms with Gasteiger partial charge in [-0.3, -0.25) is 14.5 Å². The highest BCUT2D eigenvalue weighted by Gasteiger charge is 2.26. The Morgan fingerprint density at radius 2 is 2.00 bits per heavy atom. The molecule has 0 aromatic carbocycles. The van der Waals surface area contributed by atoms with Crippen LogP contribution in [0, 0.1) is 5.92 Å². The zero-order valence-electron chi connectivity index (χ0n) is 11.6. The van der Waals surface area contributed by atoms with E-state index >= 15 is 0 Å². The van der Waals surface area contributed by atoms with Crippen LogP contribution in [0.5, 0.6) is 0 Å². The Labute approximate surface area is 109 Å². The van der Waals surface area contributed by atoms with Crippen LogP contribution in [0.2, 0.25) is 0 Å². The number of carbonyl (C=O) groups excluding carboxylic acids is 1. The van der Waals surface area contributed by atoms with Gasteiger partial charge in [-0.15, -0.1) is 0 Å². The molecule has 1 amide bonds. The van der Waals surface area contributed by atoms with E-state index in [1.807, 2.05) is 11.8 Å². The van der Waals surface area contributed by atoms with Gasteiger partial charge >= 0.3 is 5.97 Å². The first-order valence-corrected chi connectivity index (χ1v) is 6.67. The zero-order valence-corrected chi connectivity index (χ0v) is 11.6. The van der Waals surface area contributed by atoms with Gasteiger partial charge in [0.25, 0.3) is 0 Å². The van der Waals surface area contributed by atoms with E-state index in [1.54, 1.807) is 0 Å². The molecule has 0 aromatic rings. The molecular weight excluding hydrogens is 232 g/mol. The molecule has 0 aromatic heterocycles. The summed E-state index contributed by atoms with van der Waals surface area (Å²) in [6.07, 6.45) is 0.404. The summed E-state index contributed by atoms with van der Waals surface area (Å²) in [6, 6.07) is 0.391. The number of nitrogens with zero attached hydrogens (tertiary/aromatic N) is 2. The van der Waals surface area contributed by atoms with Crippen molar-refractivity contribution in [3.63, 3.8) is 0 Å². The van der Waals surface area contributed by atoms with Crippen molar-refractivity contribution in [3.05, 3.63) is 0 Å². The molecule has 5 heteroatoms. The van der Waals surface area contributed by atoms with E-state index < -0.39 is 5.97 Å². The Bertz CT molecular complexity index is 307. The predicted octanol–water partition coefficient (Wildman–Crippen LogP) is 1.04. The van der Waals surface area contributed by atoms with Crippen molar-refractivity contribution in [1.82, 2.24) is 9.80 Å². The molecule has 2 atom stereocenters. The molecule has 18 heavy (non-hydrogen) atoms. The van der Waals surface area contributed by atoms with E-state index in [9.17, 15) is 9.59 Å². The summed E-state index contributed by atoms with van der Waals surface area (Å²) in [5.74, 6) is -0.833. The largest absolute Gasteiger partial charge is 0.481 e. The lowest BCUT2D eigenvalue weighted by atomic mass is 10.0. The van der Waals surface area contributed by atoms with Crippen LogP contribution in [0.4, 0.5) is 0 Å². The summed E-state index contributed by atoms with van der Waals surface area (Å²) in [6.45, 7) is 9.52. The Balaban J connectivity index is 2.41. The smallest absolute Gasteiger partial charge is 0.303 e. The van der Waals surface area contributed by atoms with Gasteiger partial charge in [0.1, 0.15) is 0 Å². The molecule has 0 spiro atoms. The molecule has 1 heterocycles. The molecular formula is C13H24N2O3. The molecule has 0 saturated carbocycles. The zero-order chi connectivity index (χ0) is 13.7. The Morgan fingerprint density at radius 3 is 2.50 bits per heavy atom. The van der Waals surface area contributed by atoms with Gasteiger partial charge in [-0.25, -0.2) is 0 Å². The first-order chi connectivity index (χ1) is 8.43. The fourth-order valence-corrected chi connectivity index (χ4v) is 2.49. The molecule has 0 bridgehead atoms. The normalized spacial score (nSPS) is 22.8. The minimum absolute atomic E-state index is 0.0657. The Morgan fingerprint density at radius 1 is 1.33 bits per heavy atom. The van der Waals surface area contributed by atoms with Gasteiger partial charge < -0.3 is 10.0 Å². The maximum atomic E-state index is 12.0. The number of likely N-dealkylation sites (N-methyl/N-ethyl adjacent to an activating group) is 1. The van der Waals surface area contributed by atoms with Crippen LogP contribution in [-0.2, 0) is 9.59 Å². The molecule has 1 saturated heterocycles. The van der Waals surface area contributed by atoms with Crippen LogP contribution in [0.25, 0.3) is 0 Å². The highest BCUT2D eigenvalue weighted by Crippen LogP contribution is 2.14. The quantitative estimate of drug-likeness (QED) is 0.798. The van der Waals surface area contributed by atoms with Crippen molar-refractivity contribution < 1.29 is 14.7 Å². The van der Waals surface area contributed by atoms with Crippen molar-refractivity contribution in [2.24, 2.45) is 5.92 Å². The number of rotatable bonds is 5. The Kier molecular flexibility index (Phi) is 5.59. The molecule has 0 radical (unpaired) electrons. The van der Waals surface area contributed by atoms with Gasteiger partial charge in [0.15, 0.2) is 0 Å². The van der Waals surface area contributed by atoms with Crippen LogP contribution in [0.1, 0.15) is 33.6 Å². The molecule has 1 rings (SSSR count). The highest BCUT2D eigenvalue weighted by atomic mass is 16.4. The van der Waals surface area contributed by atoms with Crippen LogP contribution >= 0.6 is 0 Å². The second kappa shape index (κ2) is 6.73. The van der Waals surface area contributed by atoms with E-state index in [0.717, 1.165) is 26.2 Å². The number of aliphatic carboxylic acids is 1. The number of carboxylic acids is 1. The number of hydrogen-bond acceptors (Lipinski definition) is 3. The summed E-state index contributed by atoms with van der Waals surface area (Å²) in [5.41, 5.74) is 0. The van der Waals surface area contributed by atoms with Crippen molar-refractivity contribution in [3.8, 4) is 0 Å². The van der Waals surface area contributed by atoms with E-state index in [1.165, 1.54) is 0 Å². The van der Waals surface area contributed by atoms with Gasteiger partial charge in [0, 0.05) is 38.5 Å². The monoisotopic (exact) mass is 256 g/mol. The lowest BCUT2D eigenvalue weighted by Crippen LogP contribution is -2.53. The average Bonchev–Trinajstić information content (AvgIpc) is 2.27. The predicted molar refractivity (Wildman–Crippen MR) is 69.3 cm³/mol. The third kappa shape index (κ3) is 4.29. The first kappa shape index (κ1) is 15.0. The molecule has 0 aliphatic carbocycles. The fraction of sp³-hybridized carbons (Fsp3) is 0.846. The molecule has 1 aliphatic rings. The van der Waals surface area contributed by atoms with Crippen molar-refractivity contribution in [2.75, 3.05) is 26.2 Å². The number of carbonyl (C=O) groups is 2. The second-order valence-corrected chi connectivity index (χ2v) is 5.22. The summed E-state index contributed by atoms with van der Waals surface area (Å²) in [7, 11) is 0. The second-order valence-electron chi connectivity index (χ2n) is 5.22. The first-order valence-electron chi connectivity index (χ1n) is 6.67. The van der Waals surface area contributed by atoms with Gasteiger partial charge in [-0.05, 0) is 19.4 Å². The summed E-state index contributed by atoms with van der Waals surface area (Å²) in [5, 5.41) is 8.68. The topological polar surface area (TPSA) is 60.9 Å². The third-order valence-corrected chi connectivity index (χ3v) is 3.57. The van der Waals surface area contributed by atoms with Crippen molar-refractivity contribution in [2.45, 2.75) is 39.7 Å². The van der Waals surface area contributed by atoms with E-state index in [2.05, 4.69) is 18.7 Å². The average molecular weight is 256 g/mol. The van der Waals surface area contributed by atoms with E-state index in [4.69, 9.17) is 5.11 Å². The van der Waals surface area contributed by atoms with Crippen molar-refractivity contribution >= 4 is 11.9 Å². The number of carboxylic acid groups (broad SMARTS) is 1. The third-order valence-electron chi connectivity index (χ3n) is 3.57. The molecule has 1 N–H and O–H groups in total. The summed E-state index contributed by atoms with van der Waals surface area (Å²) >= 11 is 0. The lowest BCUT2D eigenvalue weighted by molar-refractivity contribution is -0.139. The lowest BCUT2D eigenvalue weighted by Gasteiger charge is -2.39.